The highest BCUT2D eigenvalue weighted by molar-refractivity contribution is 5.62. The standard InChI is InChI=1S/C7H14.C2H4O2.C2H6/c1-7-5-3-2-4-6-7;1-2(3)4;1-2/h7H,2-6H2,1H3;1H3,(H,3,4);1-2H3. The first-order chi connectivity index (χ1) is 6.13. The van der Waals surface area contributed by atoms with Gasteiger partial charge in [-0.2, -0.15) is 0 Å². The molecule has 2 nitrogen and oxygen atoms in total. The van der Waals surface area contributed by atoms with E-state index in [-0.39, 0.29) is 0 Å². The van der Waals surface area contributed by atoms with Crippen LogP contribution in [0.25, 0.3) is 0 Å². The van der Waals surface area contributed by atoms with Gasteiger partial charge in [0.1, 0.15) is 0 Å². The average Bonchev–Trinajstić information content (AvgIpc) is 2.08. The molecule has 0 aromatic carbocycles. The lowest BCUT2D eigenvalue weighted by atomic mass is 9.91. The SMILES string of the molecule is CC.CC(=O)O.CC1CCCCC1. The van der Waals surface area contributed by atoms with Crippen molar-refractivity contribution in [3.8, 4) is 0 Å². The summed E-state index contributed by atoms with van der Waals surface area (Å²) in [6.45, 7) is 7.44. The number of aliphatic carboxylic acids is 1. The Labute approximate surface area is 82.4 Å². The van der Waals surface area contributed by atoms with E-state index in [2.05, 4.69) is 6.92 Å². The Hall–Kier alpha value is -0.530. The third kappa shape index (κ3) is 18.4. The number of hydrogen-bond acceptors (Lipinski definition) is 1. The molecule has 0 spiro atoms. The Morgan fingerprint density at radius 3 is 1.62 bits per heavy atom. The van der Waals surface area contributed by atoms with E-state index in [0.29, 0.717) is 0 Å². The molecule has 1 aliphatic carbocycles. The van der Waals surface area contributed by atoms with Crippen LogP contribution in [0.1, 0.15) is 59.8 Å². The van der Waals surface area contributed by atoms with Crippen LogP contribution in [0.4, 0.5) is 0 Å². The fraction of sp³-hybridized carbons (Fsp3) is 0.909. The van der Waals surface area contributed by atoms with Crippen molar-refractivity contribution in [2.45, 2.75) is 59.8 Å². The minimum atomic E-state index is -0.833. The van der Waals surface area contributed by atoms with Crippen LogP contribution in [0, 0.1) is 5.92 Å². The molecule has 1 N–H and O–H groups in total. The maximum Gasteiger partial charge on any atom is 0.300 e. The van der Waals surface area contributed by atoms with Crippen LogP contribution in [0.5, 0.6) is 0 Å². The predicted molar refractivity (Wildman–Crippen MR) is 56.9 cm³/mol. The molecule has 0 amide bonds. The van der Waals surface area contributed by atoms with E-state index in [1.54, 1.807) is 0 Å². The van der Waals surface area contributed by atoms with Crippen LogP contribution < -0.4 is 0 Å². The van der Waals surface area contributed by atoms with E-state index in [1.807, 2.05) is 13.8 Å². The molecule has 0 atom stereocenters. The summed E-state index contributed by atoms with van der Waals surface area (Å²) >= 11 is 0. The summed E-state index contributed by atoms with van der Waals surface area (Å²) in [4.78, 5) is 9.00. The molecular weight excluding hydrogens is 164 g/mol. The lowest BCUT2D eigenvalue weighted by molar-refractivity contribution is -0.134. The van der Waals surface area contributed by atoms with E-state index in [0.717, 1.165) is 12.8 Å². The van der Waals surface area contributed by atoms with Crippen LogP contribution in [0.2, 0.25) is 0 Å². The van der Waals surface area contributed by atoms with Crippen molar-refractivity contribution in [1.82, 2.24) is 0 Å². The molecule has 80 valence electrons. The summed E-state index contributed by atoms with van der Waals surface area (Å²) in [7, 11) is 0. The molecule has 1 rings (SSSR count). The normalized spacial score (nSPS) is 16.0. The highest BCUT2D eigenvalue weighted by Crippen LogP contribution is 2.21. The molecule has 1 aliphatic rings. The molecule has 13 heavy (non-hydrogen) atoms. The zero-order valence-electron chi connectivity index (χ0n) is 9.47. The average molecular weight is 188 g/mol. The van der Waals surface area contributed by atoms with E-state index >= 15 is 0 Å². The summed E-state index contributed by atoms with van der Waals surface area (Å²) < 4.78 is 0. The minimum absolute atomic E-state index is 0.833. The van der Waals surface area contributed by atoms with Gasteiger partial charge >= 0.3 is 0 Å². The second kappa shape index (κ2) is 11.5. The summed E-state index contributed by atoms with van der Waals surface area (Å²) in [5.41, 5.74) is 0. The molecule has 0 radical (unpaired) electrons. The van der Waals surface area contributed by atoms with Crippen molar-refractivity contribution in [3.63, 3.8) is 0 Å². The van der Waals surface area contributed by atoms with Gasteiger partial charge in [-0.3, -0.25) is 4.79 Å². The Bertz CT molecular complexity index is 101. The predicted octanol–water partition coefficient (Wildman–Crippen LogP) is 3.70. The number of rotatable bonds is 0. The number of hydrogen-bond donors (Lipinski definition) is 1. The Kier molecular flexibility index (Phi) is 13.2. The fourth-order valence-corrected chi connectivity index (χ4v) is 1.31. The van der Waals surface area contributed by atoms with E-state index in [4.69, 9.17) is 9.90 Å². The van der Waals surface area contributed by atoms with Crippen molar-refractivity contribution in [2.75, 3.05) is 0 Å². The largest absolute Gasteiger partial charge is 0.481 e. The third-order valence-corrected chi connectivity index (χ3v) is 1.89. The highest BCUT2D eigenvalue weighted by Gasteiger charge is 2.05. The molecule has 0 bridgehead atoms. The minimum Gasteiger partial charge on any atom is -0.481 e. The molecule has 0 aromatic rings. The molecule has 1 saturated carbocycles. The fourth-order valence-electron chi connectivity index (χ4n) is 1.31. The Morgan fingerprint density at radius 2 is 1.46 bits per heavy atom. The first kappa shape index (κ1) is 15.0. The van der Waals surface area contributed by atoms with Crippen LogP contribution in [0.15, 0.2) is 0 Å². The summed E-state index contributed by atoms with van der Waals surface area (Å²) in [6, 6.07) is 0. The van der Waals surface area contributed by atoms with Gasteiger partial charge in [-0.25, -0.2) is 0 Å². The lowest BCUT2D eigenvalue weighted by Crippen LogP contribution is -1.99. The summed E-state index contributed by atoms with van der Waals surface area (Å²) in [5, 5.41) is 7.42. The maximum atomic E-state index is 9.00. The molecule has 0 aromatic heterocycles. The molecular formula is C11H24O2. The van der Waals surface area contributed by atoms with Gasteiger partial charge in [-0.15, -0.1) is 0 Å². The summed E-state index contributed by atoms with van der Waals surface area (Å²) in [6.07, 6.45) is 7.44. The second-order valence-electron chi connectivity index (χ2n) is 3.26. The van der Waals surface area contributed by atoms with Crippen molar-refractivity contribution in [3.05, 3.63) is 0 Å². The monoisotopic (exact) mass is 188 g/mol. The molecule has 2 heteroatoms. The Morgan fingerprint density at radius 1 is 1.15 bits per heavy atom. The van der Waals surface area contributed by atoms with Crippen molar-refractivity contribution < 1.29 is 9.90 Å². The zero-order chi connectivity index (χ0) is 10.7. The van der Waals surface area contributed by atoms with Gasteiger partial charge in [0.05, 0.1) is 0 Å². The second-order valence-corrected chi connectivity index (χ2v) is 3.26. The number of carboxylic acid groups (broad SMARTS) is 1. The highest BCUT2D eigenvalue weighted by atomic mass is 16.4. The third-order valence-electron chi connectivity index (χ3n) is 1.89. The maximum absolute atomic E-state index is 9.00. The smallest absolute Gasteiger partial charge is 0.300 e. The van der Waals surface area contributed by atoms with Gasteiger partial charge in [0, 0.05) is 6.92 Å². The van der Waals surface area contributed by atoms with Gasteiger partial charge in [0.2, 0.25) is 0 Å². The first-order valence-electron chi connectivity index (χ1n) is 5.32. The first-order valence-corrected chi connectivity index (χ1v) is 5.32. The van der Waals surface area contributed by atoms with Gasteiger partial charge < -0.3 is 5.11 Å². The topological polar surface area (TPSA) is 37.3 Å². The molecule has 0 heterocycles. The van der Waals surface area contributed by atoms with Crippen LogP contribution in [-0.2, 0) is 4.79 Å². The van der Waals surface area contributed by atoms with Crippen LogP contribution in [-0.4, -0.2) is 11.1 Å². The van der Waals surface area contributed by atoms with Crippen LogP contribution >= 0.6 is 0 Å². The van der Waals surface area contributed by atoms with Crippen LogP contribution in [0.3, 0.4) is 0 Å². The van der Waals surface area contributed by atoms with Gasteiger partial charge in [0.25, 0.3) is 5.97 Å². The zero-order valence-corrected chi connectivity index (χ0v) is 9.47. The van der Waals surface area contributed by atoms with Crippen molar-refractivity contribution >= 4 is 5.97 Å². The van der Waals surface area contributed by atoms with Crippen molar-refractivity contribution in [2.24, 2.45) is 5.92 Å². The van der Waals surface area contributed by atoms with E-state index in [1.165, 1.54) is 32.1 Å². The van der Waals surface area contributed by atoms with E-state index in [9.17, 15) is 0 Å². The summed E-state index contributed by atoms with van der Waals surface area (Å²) in [5.74, 6) is 0.203. The quantitative estimate of drug-likeness (QED) is 0.629. The van der Waals surface area contributed by atoms with Gasteiger partial charge in [-0.1, -0.05) is 52.9 Å². The number of carbonyl (C=O) groups is 1. The van der Waals surface area contributed by atoms with E-state index < -0.39 is 5.97 Å². The molecule has 1 fully saturated rings. The van der Waals surface area contributed by atoms with Gasteiger partial charge in [-0.05, 0) is 5.92 Å². The number of carboxylic acids is 1. The Balaban J connectivity index is 0. The lowest BCUT2D eigenvalue weighted by Gasteiger charge is -2.15. The molecule has 0 unspecified atom stereocenters. The molecule has 0 aliphatic heterocycles. The van der Waals surface area contributed by atoms with Crippen molar-refractivity contribution in [1.29, 1.82) is 0 Å². The van der Waals surface area contributed by atoms with Gasteiger partial charge in [0.15, 0.2) is 0 Å². The molecule has 0 saturated heterocycles.